The van der Waals surface area contributed by atoms with Crippen molar-refractivity contribution in [2.75, 3.05) is 11.4 Å². The van der Waals surface area contributed by atoms with E-state index in [1.807, 2.05) is 30.0 Å². The first-order valence-electron chi connectivity index (χ1n) is 7.08. The smallest absolute Gasteiger partial charge is 0.240 e. The van der Waals surface area contributed by atoms with Crippen molar-refractivity contribution in [1.29, 1.82) is 0 Å². The Morgan fingerprint density at radius 3 is 2.55 bits per heavy atom. The summed E-state index contributed by atoms with van der Waals surface area (Å²) in [7, 11) is 0. The van der Waals surface area contributed by atoms with Gasteiger partial charge in [-0.05, 0) is 37.1 Å². The van der Waals surface area contributed by atoms with Crippen molar-refractivity contribution >= 4 is 46.6 Å². The van der Waals surface area contributed by atoms with Gasteiger partial charge >= 0.3 is 0 Å². The van der Waals surface area contributed by atoms with Crippen LogP contribution in [0.25, 0.3) is 0 Å². The van der Waals surface area contributed by atoms with Crippen LogP contribution in [0, 0.1) is 0 Å². The molecule has 1 aliphatic heterocycles. The van der Waals surface area contributed by atoms with Crippen LogP contribution in [0.1, 0.15) is 12.5 Å². The summed E-state index contributed by atoms with van der Waals surface area (Å²) in [5.74, 6) is 0.0888. The van der Waals surface area contributed by atoms with Gasteiger partial charge in [0.1, 0.15) is 0 Å². The van der Waals surface area contributed by atoms with Crippen molar-refractivity contribution in [2.45, 2.75) is 23.5 Å². The Labute approximate surface area is 144 Å². The molecule has 2 aromatic rings. The highest BCUT2D eigenvalue weighted by Gasteiger charge is 2.28. The van der Waals surface area contributed by atoms with Gasteiger partial charge in [-0.25, -0.2) is 0 Å². The average molecular weight is 352 g/mol. The number of rotatable bonds is 3. The molecule has 1 aliphatic rings. The molecule has 2 aromatic carbocycles. The molecular weight excluding hydrogens is 337 g/mol. The summed E-state index contributed by atoms with van der Waals surface area (Å²) >= 11 is 13.8. The van der Waals surface area contributed by atoms with Gasteiger partial charge in [0.2, 0.25) is 5.91 Å². The number of anilines is 1. The number of fused-ring (bicyclic) bond motifs is 1. The van der Waals surface area contributed by atoms with Crippen LogP contribution in [0.15, 0.2) is 47.4 Å². The number of para-hydroxylation sites is 1. The predicted molar refractivity (Wildman–Crippen MR) is 94.3 cm³/mol. The van der Waals surface area contributed by atoms with Crippen LogP contribution in [0.5, 0.6) is 0 Å². The number of nitrogens with zero attached hydrogens (tertiary/aromatic N) is 1. The fourth-order valence-corrected chi connectivity index (χ4v) is 4.22. The molecule has 3 rings (SSSR count). The van der Waals surface area contributed by atoms with Crippen molar-refractivity contribution in [3.8, 4) is 0 Å². The molecule has 0 radical (unpaired) electrons. The fourth-order valence-electron chi connectivity index (χ4n) is 2.61. The van der Waals surface area contributed by atoms with E-state index in [2.05, 4.69) is 6.07 Å². The average Bonchev–Trinajstić information content (AvgIpc) is 2.94. The van der Waals surface area contributed by atoms with Crippen LogP contribution in [-0.4, -0.2) is 17.7 Å². The quantitative estimate of drug-likeness (QED) is 0.720. The largest absolute Gasteiger partial charge is 0.311 e. The molecule has 0 N–H and O–H groups in total. The number of carbonyl (C=O) groups is 1. The van der Waals surface area contributed by atoms with Crippen molar-refractivity contribution in [3.05, 3.63) is 58.1 Å². The minimum Gasteiger partial charge on any atom is -0.311 e. The summed E-state index contributed by atoms with van der Waals surface area (Å²) < 4.78 is 0. The molecule has 0 saturated heterocycles. The first kappa shape index (κ1) is 15.7. The van der Waals surface area contributed by atoms with E-state index in [0.29, 0.717) is 10.0 Å². The number of carbonyl (C=O) groups excluding carboxylic acids is 1. The molecule has 0 saturated carbocycles. The topological polar surface area (TPSA) is 20.3 Å². The van der Waals surface area contributed by atoms with Crippen molar-refractivity contribution < 1.29 is 4.79 Å². The Hall–Kier alpha value is -1.16. The molecule has 1 atom stereocenters. The van der Waals surface area contributed by atoms with Crippen molar-refractivity contribution in [2.24, 2.45) is 0 Å². The van der Waals surface area contributed by atoms with Gasteiger partial charge in [0, 0.05) is 17.1 Å². The second-order valence-corrected chi connectivity index (χ2v) is 7.34. The summed E-state index contributed by atoms with van der Waals surface area (Å²) in [5.41, 5.74) is 2.24. The Bertz CT molecular complexity index is 699. The zero-order valence-corrected chi connectivity index (χ0v) is 14.4. The van der Waals surface area contributed by atoms with Gasteiger partial charge in [0.15, 0.2) is 0 Å². The number of benzene rings is 2. The number of amides is 1. The molecule has 0 aliphatic carbocycles. The van der Waals surface area contributed by atoms with E-state index >= 15 is 0 Å². The lowest BCUT2D eigenvalue weighted by atomic mass is 10.2. The van der Waals surface area contributed by atoms with Gasteiger partial charge in [0.05, 0.1) is 15.3 Å². The minimum atomic E-state index is -0.247. The normalized spacial score (nSPS) is 14.8. The molecule has 2 nitrogen and oxygen atoms in total. The summed E-state index contributed by atoms with van der Waals surface area (Å²) in [5, 5.41) is 0.918. The second-order valence-electron chi connectivity index (χ2n) is 5.18. The van der Waals surface area contributed by atoms with E-state index in [1.165, 1.54) is 17.3 Å². The maximum Gasteiger partial charge on any atom is 0.240 e. The number of hydrogen-bond acceptors (Lipinski definition) is 2. The van der Waals surface area contributed by atoms with Crippen LogP contribution in [0.3, 0.4) is 0 Å². The van der Waals surface area contributed by atoms with E-state index in [1.54, 1.807) is 18.2 Å². The Morgan fingerprint density at radius 1 is 1.14 bits per heavy atom. The summed E-state index contributed by atoms with van der Waals surface area (Å²) in [4.78, 5) is 15.4. The molecule has 5 heteroatoms. The lowest BCUT2D eigenvalue weighted by molar-refractivity contribution is -0.117. The van der Waals surface area contributed by atoms with E-state index in [-0.39, 0.29) is 11.2 Å². The molecule has 0 fully saturated rings. The van der Waals surface area contributed by atoms with Gasteiger partial charge in [-0.1, -0.05) is 47.5 Å². The minimum absolute atomic E-state index is 0.0888. The second kappa shape index (κ2) is 6.53. The monoisotopic (exact) mass is 351 g/mol. The van der Waals surface area contributed by atoms with Gasteiger partial charge in [0.25, 0.3) is 0 Å². The van der Waals surface area contributed by atoms with Crippen molar-refractivity contribution in [3.63, 3.8) is 0 Å². The Kier molecular flexibility index (Phi) is 4.67. The Balaban J connectivity index is 1.79. The Morgan fingerprint density at radius 2 is 1.82 bits per heavy atom. The van der Waals surface area contributed by atoms with Crippen LogP contribution < -0.4 is 4.90 Å². The molecule has 22 heavy (non-hydrogen) atoms. The van der Waals surface area contributed by atoms with Crippen molar-refractivity contribution in [1.82, 2.24) is 0 Å². The lowest BCUT2D eigenvalue weighted by Gasteiger charge is -2.22. The van der Waals surface area contributed by atoms with Gasteiger partial charge in [-0.3, -0.25) is 4.79 Å². The highest BCUT2D eigenvalue weighted by atomic mass is 35.5. The third kappa shape index (κ3) is 2.98. The maximum atomic E-state index is 12.8. The molecule has 0 spiro atoms. The molecule has 114 valence electrons. The van der Waals surface area contributed by atoms with Crippen LogP contribution in [-0.2, 0) is 11.2 Å². The molecule has 0 unspecified atom stereocenters. The predicted octanol–water partition coefficient (Wildman–Crippen LogP) is 5.06. The highest BCUT2D eigenvalue weighted by molar-refractivity contribution is 8.00. The third-order valence-electron chi connectivity index (χ3n) is 3.71. The third-order valence-corrected chi connectivity index (χ3v) is 5.80. The SMILES string of the molecule is C[C@H](Sc1c(Cl)cccc1Cl)C(=O)N1CCc2ccccc21. The zero-order valence-electron chi connectivity index (χ0n) is 12.1. The lowest BCUT2D eigenvalue weighted by Crippen LogP contribution is -2.35. The molecule has 0 bridgehead atoms. The van der Waals surface area contributed by atoms with Crippen LogP contribution >= 0.6 is 35.0 Å². The molecule has 1 heterocycles. The van der Waals surface area contributed by atoms with E-state index in [4.69, 9.17) is 23.2 Å². The number of hydrogen-bond donors (Lipinski definition) is 0. The van der Waals surface area contributed by atoms with Gasteiger partial charge < -0.3 is 4.90 Å². The molecular formula is C17H15Cl2NOS. The maximum absolute atomic E-state index is 12.8. The summed E-state index contributed by atoms with van der Waals surface area (Å²) in [6.45, 7) is 2.63. The molecule has 1 amide bonds. The molecule has 0 aromatic heterocycles. The van der Waals surface area contributed by atoms with Crippen LogP contribution in [0.4, 0.5) is 5.69 Å². The van der Waals surface area contributed by atoms with Gasteiger partial charge in [-0.2, -0.15) is 0 Å². The number of halogens is 2. The summed E-state index contributed by atoms with van der Waals surface area (Å²) in [6.07, 6.45) is 0.909. The summed E-state index contributed by atoms with van der Waals surface area (Å²) in [6, 6.07) is 13.4. The van der Waals surface area contributed by atoms with Crippen LogP contribution in [0.2, 0.25) is 10.0 Å². The van der Waals surface area contributed by atoms with Gasteiger partial charge in [-0.15, -0.1) is 11.8 Å². The first-order chi connectivity index (χ1) is 10.6. The highest BCUT2D eigenvalue weighted by Crippen LogP contribution is 2.38. The fraction of sp³-hybridized carbons (Fsp3) is 0.235. The van der Waals surface area contributed by atoms with E-state index in [0.717, 1.165) is 23.5 Å². The standard InChI is InChI=1S/C17H15Cl2NOS/c1-11(22-16-13(18)6-4-7-14(16)19)17(21)20-10-9-12-5-2-3-8-15(12)20/h2-8,11H,9-10H2,1H3/t11-/m0/s1. The first-order valence-corrected chi connectivity index (χ1v) is 8.71. The van der Waals surface area contributed by atoms with E-state index < -0.39 is 0 Å². The zero-order chi connectivity index (χ0) is 15.7. The van der Waals surface area contributed by atoms with E-state index in [9.17, 15) is 4.79 Å². The number of thioether (sulfide) groups is 1.